The molecule has 2 aliphatic rings. The van der Waals surface area contributed by atoms with Crippen molar-refractivity contribution in [3.05, 3.63) is 39.9 Å². The minimum Gasteiger partial charge on any atom is -0.480 e. The van der Waals surface area contributed by atoms with E-state index in [1.54, 1.807) is 11.0 Å². The number of carboxylic acid groups (broad SMARTS) is 1. The highest BCUT2D eigenvalue weighted by Gasteiger charge is 2.45. The number of benzene rings is 1. The highest BCUT2D eigenvalue weighted by atomic mass is 16.6. The average Bonchev–Trinajstić information content (AvgIpc) is 3.20. The van der Waals surface area contributed by atoms with E-state index < -0.39 is 28.9 Å². The molecule has 1 N–H and O–H groups in total. The number of carbonyl (C=O) groups excluding carboxylic acids is 2. The first kappa shape index (κ1) is 21.7. The van der Waals surface area contributed by atoms with Crippen LogP contribution < -0.4 is 0 Å². The fourth-order valence-corrected chi connectivity index (χ4v) is 4.35. The standard InChI is InChI=1S/C20H26N4O6/c1-14(25)22-9-10-23(18(26)12-15-5-4-6-16(11-15)24(29)30)19(20(27)28)17(22)13-21-7-2-3-8-21/h4-6,11,17,19H,2-3,7-10,12-13H2,1H3,(H,27,28)/t17-,19+/m0/s1. The smallest absolute Gasteiger partial charge is 0.328 e. The molecular formula is C20H26N4O6. The number of rotatable bonds is 6. The van der Waals surface area contributed by atoms with Crippen molar-refractivity contribution < 1.29 is 24.4 Å². The number of amides is 2. The maximum atomic E-state index is 13.0. The van der Waals surface area contributed by atoms with Gasteiger partial charge in [-0.1, -0.05) is 12.1 Å². The zero-order valence-corrected chi connectivity index (χ0v) is 16.9. The number of aliphatic carboxylic acids is 1. The van der Waals surface area contributed by atoms with E-state index in [9.17, 15) is 29.6 Å². The Balaban J connectivity index is 1.82. The van der Waals surface area contributed by atoms with Crippen LogP contribution >= 0.6 is 0 Å². The van der Waals surface area contributed by atoms with Crippen molar-refractivity contribution in [3.63, 3.8) is 0 Å². The van der Waals surface area contributed by atoms with Gasteiger partial charge in [0.1, 0.15) is 0 Å². The third-order valence-electron chi connectivity index (χ3n) is 5.78. The predicted molar refractivity (Wildman–Crippen MR) is 107 cm³/mol. The highest BCUT2D eigenvalue weighted by molar-refractivity contribution is 5.87. The lowest BCUT2D eigenvalue weighted by Crippen LogP contribution is -2.67. The molecule has 0 radical (unpaired) electrons. The maximum Gasteiger partial charge on any atom is 0.328 e. The number of likely N-dealkylation sites (tertiary alicyclic amines) is 1. The summed E-state index contributed by atoms with van der Waals surface area (Å²) in [4.78, 5) is 52.8. The van der Waals surface area contributed by atoms with E-state index in [2.05, 4.69) is 4.90 Å². The Labute approximate surface area is 174 Å². The van der Waals surface area contributed by atoms with Crippen molar-refractivity contribution in [2.24, 2.45) is 0 Å². The SMILES string of the molecule is CC(=O)N1CCN(C(=O)Cc2cccc([N+](=O)[O-])c2)[C@@H](C(=O)O)[C@@H]1CN1CCCC1. The molecule has 2 amide bonds. The fourth-order valence-electron chi connectivity index (χ4n) is 4.35. The van der Waals surface area contributed by atoms with Gasteiger partial charge in [0.05, 0.1) is 17.4 Å². The summed E-state index contributed by atoms with van der Waals surface area (Å²) in [6, 6.07) is 3.97. The largest absolute Gasteiger partial charge is 0.480 e. The molecule has 2 aliphatic heterocycles. The van der Waals surface area contributed by atoms with Gasteiger partial charge in [0, 0.05) is 38.7 Å². The van der Waals surface area contributed by atoms with Gasteiger partial charge in [-0.2, -0.15) is 0 Å². The number of carbonyl (C=O) groups is 3. The number of carboxylic acids is 1. The maximum absolute atomic E-state index is 13.0. The Morgan fingerprint density at radius 2 is 1.80 bits per heavy atom. The van der Waals surface area contributed by atoms with Crippen LogP contribution in [0.25, 0.3) is 0 Å². The molecule has 30 heavy (non-hydrogen) atoms. The van der Waals surface area contributed by atoms with Gasteiger partial charge in [0.15, 0.2) is 6.04 Å². The summed E-state index contributed by atoms with van der Waals surface area (Å²) in [7, 11) is 0. The average molecular weight is 418 g/mol. The second-order valence-corrected chi connectivity index (χ2v) is 7.76. The number of nitro benzene ring substituents is 1. The first-order chi connectivity index (χ1) is 14.3. The Kier molecular flexibility index (Phi) is 6.66. The van der Waals surface area contributed by atoms with Crippen LogP contribution in [0.1, 0.15) is 25.3 Å². The van der Waals surface area contributed by atoms with E-state index in [0.29, 0.717) is 12.1 Å². The lowest BCUT2D eigenvalue weighted by Gasteiger charge is -2.46. The van der Waals surface area contributed by atoms with Crippen molar-refractivity contribution in [3.8, 4) is 0 Å². The van der Waals surface area contributed by atoms with E-state index in [-0.39, 0.29) is 31.1 Å². The van der Waals surface area contributed by atoms with Crippen LogP contribution in [-0.2, 0) is 20.8 Å². The summed E-state index contributed by atoms with van der Waals surface area (Å²) in [6.45, 7) is 3.87. The summed E-state index contributed by atoms with van der Waals surface area (Å²) >= 11 is 0. The van der Waals surface area contributed by atoms with Gasteiger partial charge in [0.25, 0.3) is 5.69 Å². The molecule has 2 heterocycles. The molecule has 1 aromatic rings. The van der Waals surface area contributed by atoms with Crippen LogP contribution in [0.2, 0.25) is 0 Å². The predicted octanol–water partition coefficient (Wildman–Crippen LogP) is 0.746. The molecule has 1 aromatic carbocycles. The Hall–Kier alpha value is -3.01. The first-order valence-corrected chi connectivity index (χ1v) is 10.0. The molecule has 2 fully saturated rings. The molecule has 0 aromatic heterocycles. The third kappa shape index (κ3) is 4.76. The molecule has 0 unspecified atom stereocenters. The highest BCUT2D eigenvalue weighted by Crippen LogP contribution is 2.23. The Morgan fingerprint density at radius 3 is 2.40 bits per heavy atom. The van der Waals surface area contributed by atoms with Gasteiger partial charge in [-0.25, -0.2) is 4.79 Å². The van der Waals surface area contributed by atoms with E-state index in [1.807, 2.05) is 0 Å². The van der Waals surface area contributed by atoms with Crippen LogP contribution in [0.5, 0.6) is 0 Å². The van der Waals surface area contributed by atoms with Crippen molar-refractivity contribution in [2.75, 3.05) is 32.7 Å². The monoisotopic (exact) mass is 418 g/mol. The third-order valence-corrected chi connectivity index (χ3v) is 5.78. The molecule has 2 atom stereocenters. The van der Waals surface area contributed by atoms with Crippen molar-refractivity contribution in [1.29, 1.82) is 0 Å². The Bertz CT molecular complexity index is 838. The number of nitro groups is 1. The summed E-state index contributed by atoms with van der Waals surface area (Å²) in [5.41, 5.74) is 0.326. The zero-order chi connectivity index (χ0) is 21.8. The van der Waals surface area contributed by atoms with Gasteiger partial charge in [-0.15, -0.1) is 0 Å². The van der Waals surface area contributed by atoms with Gasteiger partial charge in [-0.05, 0) is 31.5 Å². The van der Waals surface area contributed by atoms with E-state index in [1.165, 1.54) is 30.0 Å². The van der Waals surface area contributed by atoms with E-state index >= 15 is 0 Å². The zero-order valence-electron chi connectivity index (χ0n) is 16.9. The molecule has 2 saturated heterocycles. The second-order valence-electron chi connectivity index (χ2n) is 7.76. The summed E-state index contributed by atoms with van der Waals surface area (Å²) in [6.07, 6.45) is 1.92. The van der Waals surface area contributed by atoms with Crippen LogP contribution in [0, 0.1) is 10.1 Å². The molecule has 162 valence electrons. The van der Waals surface area contributed by atoms with Crippen LogP contribution in [0.3, 0.4) is 0 Å². The minimum absolute atomic E-state index is 0.112. The molecule has 0 saturated carbocycles. The molecule has 0 spiro atoms. The lowest BCUT2D eigenvalue weighted by atomic mass is 9.98. The van der Waals surface area contributed by atoms with Gasteiger partial charge in [-0.3, -0.25) is 19.7 Å². The van der Waals surface area contributed by atoms with Gasteiger partial charge in [0.2, 0.25) is 11.8 Å². The number of hydrogen-bond donors (Lipinski definition) is 1. The lowest BCUT2D eigenvalue weighted by molar-refractivity contribution is -0.384. The molecule has 0 bridgehead atoms. The van der Waals surface area contributed by atoms with Gasteiger partial charge >= 0.3 is 5.97 Å². The van der Waals surface area contributed by atoms with Crippen molar-refractivity contribution in [2.45, 2.75) is 38.3 Å². The number of non-ortho nitro benzene ring substituents is 1. The summed E-state index contributed by atoms with van der Waals surface area (Å²) in [5, 5.41) is 20.9. The summed E-state index contributed by atoms with van der Waals surface area (Å²) in [5.74, 6) is -1.79. The van der Waals surface area contributed by atoms with E-state index in [4.69, 9.17) is 0 Å². The van der Waals surface area contributed by atoms with Crippen LogP contribution in [0.15, 0.2) is 24.3 Å². The normalized spacial score (nSPS) is 22.2. The molecule has 3 rings (SSSR count). The number of piperazine rings is 1. The topological polar surface area (TPSA) is 124 Å². The minimum atomic E-state index is -1.16. The van der Waals surface area contributed by atoms with Crippen molar-refractivity contribution >= 4 is 23.5 Å². The molecular weight excluding hydrogens is 392 g/mol. The quantitative estimate of drug-likeness (QED) is 0.534. The first-order valence-electron chi connectivity index (χ1n) is 10.0. The Morgan fingerprint density at radius 1 is 1.13 bits per heavy atom. The van der Waals surface area contributed by atoms with Crippen molar-refractivity contribution in [1.82, 2.24) is 14.7 Å². The number of nitrogens with zero attached hydrogens (tertiary/aromatic N) is 4. The van der Waals surface area contributed by atoms with Gasteiger partial charge < -0.3 is 19.8 Å². The van der Waals surface area contributed by atoms with Crippen LogP contribution in [-0.4, -0.2) is 87.3 Å². The fraction of sp³-hybridized carbons (Fsp3) is 0.550. The van der Waals surface area contributed by atoms with Crippen LogP contribution in [0.4, 0.5) is 5.69 Å². The number of hydrogen-bond acceptors (Lipinski definition) is 6. The summed E-state index contributed by atoms with van der Waals surface area (Å²) < 4.78 is 0. The molecule has 10 heteroatoms. The van der Waals surface area contributed by atoms with E-state index in [0.717, 1.165) is 25.9 Å². The second kappa shape index (κ2) is 9.21. The molecule has 10 nitrogen and oxygen atoms in total. The molecule has 0 aliphatic carbocycles.